The van der Waals surface area contributed by atoms with Gasteiger partial charge < -0.3 is 19.5 Å². The Hall–Kier alpha value is -2.27. The first kappa shape index (κ1) is 13.0. The summed E-state index contributed by atoms with van der Waals surface area (Å²) in [7, 11) is 0. The normalized spacial score (nSPS) is 30.0. The van der Waals surface area contributed by atoms with Crippen LogP contribution in [0.15, 0.2) is 42.4 Å². The molecule has 0 spiro atoms. The van der Waals surface area contributed by atoms with Crippen LogP contribution in [-0.4, -0.2) is 25.0 Å². The summed E-state index contributed by atoms with van der Waals surface area (Å²) in [6, 6.07) is 3.10. The lowest BCUT2D eigenvalue weighted by atomic mass is 9.73. The van der Waals surface area contributed by atoms with Crippen LogP contribution >= 0.6 is 0 Å². The van der Waals surface area contributed by atoms with E-state index in [0.717, 1.165) is 0 Å². The number of fused-ring (bicyclic) bond motifs is 1. The Labute approximate surface area is 166 Å². The second-order valence-electron chi connectivity index (χ2n) is 7.44. The molecule has 0 aliphatic carbocycles. The second kappa shape index (κ2) is 7.04. The van der Waals surface area contributed by atoms with Gasteiger partial charge in [-0.05, 0) is 62.5 Å². The van der Waals surface area contributed by atoms with Crippen LogP contribution in [0, 0.1) is 11.7 Å². The second-order valence-corrected chi connectivity index (χ2v) is 7.44. The van der Waals surface area contributed by atoms with Crippen LogP contribution < -0.4 is 19.5 Å². The van der Waals surface area contributed by atoms with Gasteiger partial charge in [0.1, 0.15) is 18.5 Å². The molecule has 0 aromatic heterocycles. The lowest BCUT2D eigenvalue weighted by Crippen LogP contribution is -2.49. The van der Waals surface area contributed by atoms with Crippen LogP contribution in [0.5, 0.6) is 17.2 Å². The zero-order chi connectivity index (χ0) is 23.4. The number of ether oxygens (including phenoxy) is 3. The van der Waals surface area contributed by atoms with Crippen molar-refractivity contribution in [2.45, 2.75) is 45.0 Å². The lowest BCUT2D eigenvalue weighted by Gasteiger charge is -2.43. The molecule has 0 radical (unpaired) electrons. The summed E-state index contributed by atoms with van der Waals surface area (Å²) in [6.07, 6.45) is -0.924. The van der Waals surface area contributed by atoms with E-state index in [4.69, 9.17) is 21.1 Å². The van der Waals surface area contributed by atoms with E-state index in [1.807, 2.05) is 13.8 Å². The number of nitrogens with one attached hydrogen (secondary N) is 1. The molecule has 1 unspecified atom stereocenters. The fourth-order valence-electron chi connectivity index (χ4n) is 3.85. The fraction of sp³-hybridized carbons (Fsp3) is 0.455. The molecule has 0 saturated carbocycles. The van der Waals surface area contributed by atoms with Gasteiger partial charge in [-0.15, -0.1) is 0 Å². The summed E-state index contributed by atoms with van der Waals surface area (Å²) < 4.78 is 71.6. The van der Waals surface area contributed by atoms with Crippen molar-refractivity contribution in [3.05, 3.63) is 53.7 Å². The zero-order valence-corrected chi connectivity index (χ0v) is 15.6. The molecule has 1 N–H and O–H groups in total. The number of benzene rings is 2. The van der Waals surface area contributed by atoms with E-state index in [9.17, 15) is 4.39 Å². The van der Waals surface area contributed by atoms with Crippen molar-refractivity contribution in [2.24, 2.45) is 5.92 Å². The van der Waals surface area contributed by atoms with Crippen molar-refractivity contribution in [3.63, 3.8) is 0 Å². The van der Waals surface area contributed by atoms with E-state index in [0.29, 0.717) is 36.8 Å². The fourth-order valence-corrected chi connectivity index (χ4v) is 3.85. The molecule has 2 heterocycles. The highest BCUT2D eigenvalue weighted by Gasteiger charge is 2.40. The standard InChI is InChI=1S/C22H26FNO3/c1-14-25-20-9-8-17(12-21(20)26-14)27-22(2,3)19-13-24-11-10-18(19)15-4-6-16(23)7-5-15/h4-9,12,14,18-19,24H,10-11,13H2,1-3H3/t14?,18-,19+/m0/s1/i4D,5D,6D,7D,14D. The van der Waals surface area contributed by atoms with Gasteiger partial charge in [-0.3, -0.25) is 0 Å². The summed E-state index contributed by atoms with van der Waals surface area (Å²) in [5, 5.41) is 3.32. The van der Waals surface area contributed by atoms with E-state index < -0.39 is 29.8 Å². The summed E-state index contributed by atoms with van der Waals surface area (Å²) in [6.45, 7) is 6.47. The topological polar surface area (TPSA) is 39.7 Å². The minimum absolute atomic E-state index is 0.222. The molecule has 144 valence electrons. The van der Waals surface area contributed by atoms with Gasteiger partial charge >= 0.3 is 0 Å². The van der Waals surface area contributed by atoms with Crippen molar-refractivity contribution >= 4 is 0 Å². The van der Waals surface area contributed by atoms with Crippen molar-refractivity contribution in [1.82, 2.24) is 5.32 Å². The lowest BCUT2D eigenvalue weighted by molar-refractivity contribution is 0.0201. The average Bonchev–Trinajstić information content (AvgIpc) is 3.04. The number of hydrogen-bond donors (Lipinski definition) is 1. The van der Waals surface area contributed by atoms with Crippen molar-refractivity contribution in [3.8, 4) is 17.2 Å². The summed E-state index contributed by atoms with van der Waals surface area (Å²) >= 11 is 0. The highest BCUT2D eigenvalue weighted by molar-refractivity contribution is 5.47. The third-order valence-electron chi connectivity index (χ3n) is 5.16. The monoisotopic (exact) mass is 376 g/mol. The predicted octanol–water partition coefficient (Wildman–Crippen LogP) is 4.49. The van der Waals surface area contributed by atoms with Gasteiger partial charge in [0.05, 0.1) is 5.48 Å². The van der Waals surface area contributed by atoms with Gasteiger partial charge in [0.15, 0.2) is 11.5 Å². The van der Waals surface area contributed by atoms with Crippen LogP contribution in [0.4, 0.5) is 4.39 Å². The minimum atomic E-state index is -1.49. The largest absolute Gasteiger partial charge is 0.487 e. The minimum Gasteiger partial charge on any atom is -0.487 e. The van der Waals surface area contributed by atoms with E-state index >= 15 is 0 Å². The molecule has 0 amide bonds. The zero-order valence-electron chi connectivity index (χ0n) is 20.6. The first-order valence-corrected chi connectivity index (χ1v) is 9.09. The van der Waals surface area contributed by atoms with E-state index in [2.05, 4.69) is 5.32 Å². The molecule has 2 aliphatic rings. The predicted molar refractivity (Wildman–Crippen MR) is 102 cm³/mol. The molecule has 3 atom stereocenters. The first-order chi connectivity index (χ1) is 14.9. The first-order valence-electron chi connectivity index (χ1n) is 11.6. The Kier molecular flexibility index (Phi) is 3.39. The van der Waals surface area contributed by atoms with Crippen LogP contribution in [0.3, 0.4) is 0 Å². The van der Waals surface area contributed by atoms with Crippen LogP contribution in [-0.2, 0) is 0 Å². The molecule has 1 fully saturated rings. The Morgan fingerprint density at radius 3 is 2.74 bits per heavy atom. The van der Waals surface area contributed by atoms with Gasteiger partial charge in [0.2, 0.25) is 6.27 Å². The van der Waals surface area contributed by atoms with Gasteiger partial charge in [-0.1, -0.05) is 12.1 Å². The van der Waals surface area contributed by atoms with E-state index in [1.165, 1.54) is 6.92 Å². The molecular formula is C22H26FNO3. The summed E-state index contributed by atoms with van der Waals surface area (Å²) in [5.41, 5.74) is -0.562. The smallest absolute Gasteiger partial charge is 0.238 e. The van der Waals surface area contributed by atoms with Crippen molar-refractivity contribution < 1.29 is 25.5 Å². The van der Waals surface area contributed by atoms with Crippen molar-refractivity contribution in [1.29, 1.82) is 0 Å². The number of hydrogen-bond acceptors (Lipinski definition) is 4. The molecule has 2 aliphatic heterocycles. The van der Waals surface area contributed by atoms with Crippen LogP contribution in [0.1, 0.15) is 45.5 Å². The molecule has 4 rings (SSSR count). The maximum absolute atomic E-state index is 14.1. The maximum atomic E-state index is 14.1. The number of piperidine rings is 1. The van der Waals surface area contributed by atoms with Gasteiger partial charge in [0, 0.05) is 25.5 Å². The third-order valence-corrected chi connectivity index (χ3v) is 5.16. The molecule has 5 heteroatoms. The Morgan fingerprint density at radius 2 is 1.96 bits per heavy atom. The number of rotatable bonds is 4. The molecule has 1 saturated heterocycles. The Morgan fingerprint density at radius 1 is 1.22 bits per heavy atom. The van der Waals surface area contributed by atoms with Gasteiger partial charge in [-0.25, -0.2) is 4.39 Å². The quantitative estimate of drug-likeness (QED) is 0.853. The SMILES string of the molecule is [2H]c1c([2H])c([C@@H]2CCNC[C@H]2C(C)(C)Oc2ccc3c(c2)OC([2H])(C)O3)c([2H])c([2H])c1F. The molecule has 0 bridgehead atoms. The van der Waals surface area contributed by atoms with E-state index in [-0.39, 0.29) is 29.5 Å². The molecule has 2 aromatic rings. The Balaban J connectivity index is 1.66. The maximum Gasteiger partial charge on any atom is 0.238 e. The van der Waals surface area contributed by atoms with Crippen LogP contribution in [0.2, 0.25) is 0 Å². The highest BCUT2D eigenvalue weighted by atomic mass is 19.1. The summed E-state index contributed by atoms with van der Waals surface area (Å²) in [5.74, 6) is -0.331. The third kappa shape index (κ3) is 3.74. The van der Waals surface area contributed by atoms with Gasteiger partial charge in [0.25, 0.3) is 0 Å². The molecule has 27 heavy (non-hydrogen) atoms. The molecule has 2 aromatic carbocycles. The number of halogens is 1. The summed E-state index contributed by atoms with van der Waals surface area (Å²) in [4.78, 5) is 0. The van der Waals surface area contributed by atoms with Crippen molar-refractivity contribution in [2.75, 3.05) is 13.1 Å². The molecule has 4 nitrogen and oxygen atoms in total. The average molecular weight is 376 g/mol. The van der Waals surface area contributed by atoms with E-state index in [1.54, 1.807) is 18.2 Å². The van der Waals surface area contributed by atoms with Gasteiger partial charge in [-0.2, -0.15) is 0 Å². The highest BCUT2D eigenvalue weighted by Crippen LogP contribution is 2.42. The van der Waals surface area contributed by atoms with Crippen LogP contribution in [0.25, 0.3) is 0 Å². The Bertz CT molecular complexity index is 1030. The molecular weight excluding hydrogens is 345 g/mol.